The van der Waals surface area contributed by atoms with E-state index in [-0.39, 0.29) is 29.5 Å². The summed E-state index contributed by atoms with van der Waals surface area (Å²) in [6.07, 6.45) is -0.340. The lowest BCUT2D eigenvalue weighted by Gasteiger charge is -2.12. The molecule has 0 aliphatic heterocycles. The fourth-order valence-corrected chi connectivity index (χ4v) is 2.76. The SMILES string of the molecule is COc1ccc(NC(C)=O)cc1S(=O)(=O)NCCC(=O)O. The predicted molar refractivity (Wildman–Crippen MR) is 74.7 cm³/mol. The Hall–Kier alpha value is -2.13. The van der Waals surface area contributed by atoms with Crippen LogP contribution in [-0.2, 0) is 19.6 Å². The standard InChI is InChI=1S/C12H16N2O6S/c1-8(15)14-9-3-4-10(20-2)11(7-9)21(18,19)13-6-5-12(16)17/h3-4,7,13H,5-6H2,1-2H3,(H,14,15)(H,16,17). The number of carbonyl (C=O) groups is 2. The summed E-state index contributed by atoms with van der Waals surface area (Å²) in [6.45, 7) is 1.05. The van der Waals surface area contributed by atoms with Gasteiger partial charge in [0.15, 0.2) is 0 Å². The summed E-state index contributed by atoms with van der Waals surface area (Å²) in [4.78, 5) is 21.2. The van der Waals surface area contributed by atoms with Gasteiger partial charge in [-0.05, 0) is 18.2 Å². The second-order valence-electron chi connectivity index (χ2n) is 4.09. The van der Waals surface area contributed by atoms with Gasteiger partial charge in [0.2, 0.25) is 15.9 Å². The van der Waals surface area contributed by atoms with Crippen LogP contribution >= 0.6 is 0 Å². The van der Waals surface area contributed by atoms with Gasteiger partial charge in [0.1, 0.15) is 10.6 Å². The van der Waals surface area contributed by atoms with Crippen LogP contribution in [0.4, 0.5) is 5.69 Å². The molecule has 0 aliphatic rings. The van der Waals surface area contributed by atoms with Gasteiger partial charge in [0.05, 0.1) is 13.5 Å². The molecule has 8 nitrogen and oxygen atoms in total. The van der Waals surface area contributed by atoms with Gasteiger partial charge in [-0.1, -0.05) is 0 Å². The number of sulfonamides is 1. The zero-order valence-electron chi connectivity index (χ0n) is 11.5. The van der Waals surface area contributed by atoms with Crippen molar-refractivity contribution in [3.63, 3.8) is 0 Å². The Morgan fingerprint density at radius 1 is 1.33 bits per heavy atom. The number of carboxylic acid groups (broad SMARTS) is 1. The van der Waals surface area contributed by atoms with Crippen LogP contribution in [0, 0.1) is 0 Å². The fraction of sp³-hybridized carbons (Fsp3) is 0.333. The predicted octanol–water partition coefficient (Wildman–Crippen LogP) is 0.407. The molecule has 3 N–H and O–H groups in total. The molecular weight excluding hydrogens is 300 g/mol. The second-order valence-corrected chi connectivity index (χ2v) is 5.82. The summed E-state index contributed by atoms with van der Waals surface area (Å²) < 4.78 is 31.4. The lowest BCUT2D eigenvalue weighted by atomic mass is 10.3. The van der Waals surface area contributed by atoms with E-state index in [1.54, 1.807) is 0 Å². The quantitative estimate of drug-likeness (QED) is 0.669. The highest BCUT2D eigenvalue weighted by molar-refractivity contribution is 7.89. The molecule has 1 rings (SSSR count). The maximum absolute atomic E-state index is 12.1. The third-order valence-electron chi connectivity index (χ3n) is 2.40. The van der Waals surface area contributed by atoms with Gasteiger partial charge in [-0.25, -0.2) is 13.1 Å². The monoisotopic (exact) mass is 316 g/mol. The minimum Gasteiger partial charge on any atom is -0.495 e. The van der Waals surface area contributed by atoms with Crippen molar-refractivity contribution in [2.24, 2.45) is 0 Å². The molecule has 0 spiro atoms. The van der Waals surface area contributed by atoms with Crippen molar-refractivity contribution in [2.45, 2.75) is 18.2 Å². The van der Waals surface area contributed by atoms with Crippen LogP contribution in [0.5, 0.6) is 5.75 Å². The molecule has 1 aromatic carbocycles. The Kier molecular flexibility index (Phi) is 5.68. The third kappa shape index (κ3) is 5.04. The van der Waals surface area contributed by atoms with Crippen LogP contribution in [-0.4, -0.2) is 39.1 Å². The van der Waals surface area contributed by atoms with Crippen LogP contribution in [0.3, 0.4) is 0 Å². The van der Waals surface area contributed by atoms with Crippen LogP contribution in [0.15, 0.2) is 23.1 Å². The van der Waals surface area contributed by atoms with Gasteiger partial charge in [-0.2, -0.15) is 0 Å². The van der Waals surface area contributed by atoms with Crippen LogP contribution < -0.4 is 14.8 Å². The van der Waals surface area contributed by atoms with Crippen molar-refractivity contribution in [2.75, 3.05) is 19.0 Å². The summed E-state index contributed by atoms with van der Waals surface area (Å²) >= 11 is 0. The first-order valence-electron chi connectivity index (χ1n) is 5.93. The number of methoxy groups -OCH3 is 1. The number of nitrogens with one attached hydrogen (secondary N) is 2. The maximum Gasteiger partial charge on any atom is 0.304 e. The normalized spacial score (nSPS) is 11.0. The first-order valence-corrected chi connectivity index (χ1v) is 7.41. The van der Waals surface area contributed by atoms with Gasteiger partial charge in [-0.3, -0.25) is 9.59 Å². The highest BCUT2D eigenvalue weighted by Crippen LogP contribution is 2.26. The Balaban J connectivity index is 3.07. The van der Waals surface area contributed by atoms with E-state index in [0.29, 0.717) is 5.69 Å². The van der Waals surface area contributed by atoms with E-state index in [0.717, 1.165) is 0 Å². The average Bonchev–Trinajstić information content (AvgIpc) is 2.37. The van der Waals surface area contributed by atoms with E-state index in [1.807, 2.05) is 0 Å². The molecule has 0 saturated carbocycles. The molecule has 116 valence electrons. The van der Waals surface area contributed by atoms with Crippen LogP contribution in [0.2, 0.25) is 0 Å². The van der Waals surface area contributed by atoms with Crippen LogP contribution in [0.1, 0.15) is 13.3 Å². The Morgan fingerprint density at radius 2 is 2.00 bits per heavy atom. The van der Waals surface area contributed by atoms with Crippen molar-refractivity contribution < 1.29 is 27.9 Å². The number of carboxylic acids is 1. The van der Waals surface area contributed by atoms with Crippen molar-refractivity contribution in [3.05, 3.63) is 18.2 Å². The summed E-state index contributed by atoms with van der Waals surface area (Å²) in [6, 6.07) is 4.14. The summed E-state index contributed by atoms with van der Waals surface area (Å²) in [5.74, 6) is -1.37. The van der Waals surface area contributed by atoms with Crippen molar-refractivity contribution in [3.8, 4) is 5.75 Å². The summed E-state index contributed by atoms with van der Waals surface area (Å²) in [7, 11) is -2.64. The molecule has 0 heterocycles. The third-order valence-corrected chi connectivity index (χ3v) is 3.89. The molecule has 0 fully saturated rings. The molecular formula is C12H16N2O6S. The minimum atomic E-state index is -3.95. The van der Waals surface area contributed by atoms with E-state index in [2.05, 4.69) is 10.0 Å². The zero-order chi connectivity index (χ0) is 16.0. The highest BCUT2D eigenvalue weighted by atomic mass is 32.2. The van der Waals surface area contributed by atoms with Crippen LogP contribution in [0.25, 0.3) is 0 Å². The van der Waals surface area contributed by atoms with Gasteiger partial charge in [0, 0.05) is 19.2 Å². The molecule has 0 unspecified atom stereocenters. The largest absolute Gasteiger partial charge is 0.495 e. The lowest BCUT2D eigenvalue weighted by molar-refractivity contribution is -0.136. The number of hydrogen-bond acceptors (Lipinski definition) is 5. The first-order chi connectivity index (χ1) is 9.76. The van der Waals surface area contributed by atoms with E-state index in [4.69, 9.17) is 9.84 Å². The Bertz CT molecular complexity index is 641. The highest BCUT2D eigenvalue weighted by Gasteiger charge is 2.20. The molecule has 0 atom stereocenters. The number of carbonyl (C=O) groups excluding carboxylic acids is 1. The molecule has 0 aliphatic carbocycles. The number of hydrogen-bond donors (Lipinski definition) is 3. The summed E-state index contributed by atoms with van der Waals surface area (Å²) in [5.41, 5.74) is 0.293. The fourth-order valence-electron chi connectivity index (χ4n) is 1.54. The Labute approximate surface area is 122 Å². The minimum absolute atomic E-state index is 0.0897. The number of ether oxygens (including phenoxy) is 1. The zero-order valence-corrected chi connectivity index (χ0v) is 12.4. The molecule has 1 aromatic rings. The van der Waals surface area contributed by atoms with Crippen molar-refractivity contribution in [1.29, 1.82) is 0 Å². The molecule has 1 amide bonds. The first kappa shape index (κ1) is 16.9. The molecule has 0 radical (unpaired) electrons. The molecule has 0 bridgehead atoms. The topological polar surface area (TPSA) is 122 Å². The molecule has 21 heavy (non-hydrogen) atoms. The smallest absolute Gasteiger partial charge is 0.304 e. The average molecular weight is 316 g/mol. The number of amides is 1. The molecule has 0 saturated heterocycles. The molecule has 0 aromatic heterocycles. The lowest BCUT2D eigenvalue weighted by Crippen LogP contribution is -2.26. The maximum atomic E-state index is 12.1. The van der Waals surface area contributed by atoms with Gasteiger partial charge >= 0.3 is 5.97 Å². The van der Waals surface area contributed by atoms with E-state index in [1.165, 1.54) is 32.2 Å². The van der Waals surface area contributed by atoms with Gasteiger partial charge in [-0.15, -0.1) is 0 Å². The summed E-state index contributed by atoms with van der Waals surface area (Å²) in [5, 5.41) is 11.0. The Morgan fingerprint density at radius 3 is 2.52 bits per heavy atom. The number of aliphatic carboxylic acids is 1. The van der Waals surface area contributed by atoms with E-state index >= 15 is 0 Å². The number of rotatable bonds is 7. The molecule has 9 heteroatoms. The van der Waals surface area contributed by atoms with E-state index in [9.17, 15) is 18.0 Å². The number of anilines is 1. The van der Waals surface area contributed by atoms with Crippen molar-refractivity contribution in [1.82, 2.24) is 4.72 Å². The van der Waals surface area contributed by atoms with Crippen molar-refractivity contribution >= 4 is 27.6 Å². The van der Waals surface area contributed by atoms with E-state index < -0.39 is 16.0 Å². The second kappa shape index (κ2) is 7.04. The van der Waals surface area contributed by atoms with Gasteiger partial charge in [0.25, 0.3) is 0 Å². The van der Waals surface area contributed by atoms with Gasteiger partial charge < -0.3 is 15.2 Å². The number of benzene rings is 1.